The molecule has 1 aliphatic carbocycles. The number of aryl methyl sites for hydroxylation is 1. The molecule has 6 nitrogen and oxygen atoms in total. The number of H-pyrrole nitrogens is 2. The van der Waals surface area contributed by atoms with E-state index in [2.05, 4.69) is 45.0 Å². The zero-order valence-electron chi connectivity index (χ0n) is 18.2. The van der Waals surface area contributed by atoms with Crippen LogP contribution in [0.2, 0.25) is 0 Å². The minimum absolute atomic E-state index is 0.144. The molecule has 1 aliphatic heterocycles. The maximum Gasteiger partial charge on any atom is 0.161 e. The zero-order chi connectivity index (χ0) is 20.8. The number of rotatable bonds is 4. The molecule has 2 aliphatic rings. The monoisotopic (exact) mass is 405 g/mol. The molecule has 1 saturated carbocycles. The highest BCUT2D eigenvalue weighted by Crippen LogP contribution is 2.42. The van der Waals surface area contributed by atoms with Crippen LogP contribution in [0.15, 0.2) is 18.2 Å². The van der Waals surface area contributed by atoms with Crippen molar-refractivity contribution in [3.8, 4) is 11.5 Å². The summed E-state index contributed by atoms with van der Waals surface area (Å²) in [5.41, 5.74) is 7.27. The van der Waals surface area contributed by atoms with Gasteiger partial charge in [0.2, 0.25) is 0 Å². The number of likely N-dealkylation sites (N-methyl/N-ethyl adjacent to an activating group) is 1. The Labute approximate surface area is 177 Å². The number of hydrogen-bond acceptors (Lipinski definition) is 4. The lowest BCUT2D eigenvalue weighted by Gasteiger charge is -2.34. The van der Waals surface area contributed by atoms with Gasteiger partial charge in [-0.15, -0.1) is 0 Å². The second-order valence-electron chi connectivity index (χ2n) is 9.03. The molecular formula is C24H31N5O. The highest BCUT2D eigenvalue weighted by atomic mass is 16.1. The topological polar surface area (TPSA) is 68.0 Å². The molecule has 2 aromatic heterocycles. The number of benzene rings is 1. The average Bonchev–Trinajstić information content (AvgIpc) is 3.45. The third kappa shape index (κ3) is 3.33. The molecule has 5 rings (SSSR count). The lowest BCUT2D eigenvalue weighted by Crippen LogP contribution is -2.44. The van der Waals surface area contributed by atoms with Crippen LogP contribution >= 0.6 is 0 Å². The van der Waals surface area contributed by atoms with Crippen LogP contribution in [-0.4, -0.2) is 58.9 Å². The fourth-order valence-electron chi connectivity index (χ4n) is 5.28. The third-order valence-corrected chi connectivity index (χ3v) is 6.91. The summed E-state index contributed by atoms with van der Waals surface area (Å²) >= 11 is 0. The molecule has 1 aromatic carbocycles. The lowest BCUT2D eigenvalue weighted by atomic mass is 9.91. The minimum Gasteiger partial charge on any atom is -0.369 e. The molecule has 6 heteroatoms. The Morgan fingerprint density at radius 2 is 1.83 bits per heavy atom. The second kappa shape index (κ2) is 7.58. The summed E-state index contributed by atoms with van der Waals surface area (Å²) in [4.78, 5) is 29.2. The number of imidazole rings is 1. The zero-order valence-corrected chi connectivity index (χ0v) is 18.2. The summed E-state index contributed by atoms with van der Waals surface area (Å²) < 4.78 is 0. The van der Waals surface area contributed by atoms with Crippen molar-refractivity contribution in [3.05, 3.63) is 35.0 Å². The van der Waals surface area contributed by atoms with Crippen molar-refractivity contribution in [2.24, 2.45) is 0 Å². The van der Waals surface area contributed by atoms with Gasteiger partial charge < -0.3 is 19.8 Å². The van der Waals surface area contributed by atoms with Crippen LogP contribution in [0.5, 0.6) is 0 Å². The Morgan fingerprint density at radius 1 is 1.10 bits per heavy atom. The van der Waals surface area contributed by atoms with E-state index in [1.165, 1.54) is 24.1 Å². The number of Topliss-reactive ketones (excluding diaryl/α,β-unsaturated/α-hetero) is 1. The Balaban J connectivity index is 1.55. The van der Waals surface area contributed by atoms with Crippen LogP contribution in [0.25, 0.3) is 22.6 Å². The number of ketones is 1. The van der Waals surface area contributed by atoms with Gasteiger partial charge in [-0.2, -0.15) is 0 Å². The number of carbonyl (C=O) groups excluding carboxylic acids is 1. The van der Waals surface area contributed by atoms with E-state index in [1.807, 2.05) is 6.92 Å². The van der Waals surface area contributed by atoms with Crippen molar-refractivity contribution in [3.63, 3.8) is 0 Å². The van der Waals surface area contributed by atoms with Gasteiger partial charge in [0.05, 0.1) is 16.7 Å². The predicted molar refractivity (Wildman–Crippen MR) is 122 cm³/mol. The smallest absolute Gasteiger partial charge is 0.161 e. The van der Waals surface area contributed by atoms with Crippen molar-refractivity contribution in [2.75, 3.05) is 38.1 Å². The molecule has 3 heterocycles. The number of carbonyl (C=O) groups is 1. The van der Waals surface area contributed by atoms with Crippen LogP contribution in [0.4, 0.5) is 5.69 Å². The van der Waals surface area contributed by atoms with Gasteiger partial charge in [0.25, 0.3) is 0 Å². The highest BCUT2D eigenvalue weighted by molar-refractivity contribution is 5.99. The molecule has 0 amide bonds. The number of aromatic amines is 2. The van der Waals surface area contributed by atoms with Crippen molar-refractivity contribution in [1.29, 1.82) is 0 Å². The standard InChI is InChI=1S/C24H31N5O/c1-15-21(16(2)30)22(17-6-4-5-7-17)23(25-15)24-26-19-9-8-18(14-20(19)27-24)29-12-10-28(3)11-13-29/h8-9,14,17,25H,4-7,10-13H2,1-3H3,(H,26,27). The first-order valence-electron chi connectivity index (χ1n) is 11.2. The number of hydrogen-bond donors (Lipinski definition) is 2. The van der Waals surface area contributed by atoms with E-state index in [9.17, 15) is 4.79 Å². The van der Waals surface area contributed by atoms with Crippen LogP contribution in [0, 0.1) is 6.92 Å². The number of aromatic nitrogens is 3. The summed E-state index contributed by atoms with van der Waals surface area (Å²) in [6.07, 6.45) is 4.77. The normalized spacial score (nSPS) is 18.6. The van der Waals surface area contributed by atoms with Gasteiger partial charge in [-0.05, 0) is 63.4 Å². The van der Waals surface area contributed by atoms with E-state index in [-0.39, 0.29) is 5.78 Å². The fraction of sp³-hybridized carbons (Fsp3) is 0.500. The number of piperazine rings is 1. The van der Waals surface area contributed by atoms with E-state index in [0.29, 0.717) is 5.92 Å². The van der Waals surface area contributed by atoms with Crippen LogP contribution in [0.1, 0.15) is 60.1 Å². The Kier molecular flexibility index (Phi) is 4.89. The van der Waals surface area contributed by atoms with Crippen molar-refractivity contribution < 1.29 is 4.79 Å². The molecule has 0 unspecified atom stereocenters. The van der Waals surface area contributed by atoms with E-state index < -0.39 is 0 Å². The van der Waals surface area contributed by atoms with Gasteiger partial charge in [0.1, 0.15) is 0 Å². The summed E-state index contributed by atoms with van der Waals surface area (Å²) in [6, 6.07) is 6.51. The molecule has 3 aromatic rings. The first kappa shape index (κ1) is 19.4. The average molecular weight is 406 g/mol. The summed E-state index contributed by atoms with van der Waals surface area (Å²) in [7, 11) is 2.18. The first-order chi connectivity index (χ1) is 14.5. The summed E-state index contributed by atoms with van der Waals surface area (Å²) in [5.74, 6) is 1.43. The van der Waals surface area contributed by atoms with Gasteiger partial charge in [0.15, 0.2) is 11.6 Å². The van der Waals surface area contributed by atoms with Gasteiger partial charge in [-0.3, -0.25) is 4.79 Å². The number of nitrogens with one attached hydrogen (secondary N) is 2. The Hall–Kier alpha value is -2.60. The molecule has 158 valence electrons. The molecule has 2 fully saturated rings. The Bertz CT molecular complexity index is 1080. The van der Waals surface area contributed by atoms with Gasteiger partial charge in [-0.25, -0.2) is 4.98 Å². The predicted octanol–water partition coefficient (Wildman–Crippen LogP) is 4.48. The van der Waals surface area contributed by atoms with Gasteiger partial charge in [0, 0.05) is 43.1 Å². The number of fused-ring (bicyclic) bond motifs is 1. The van der Waals surface area contributed by atoms with Crippen molar-refractivity contribution >= 4 is 22.5 Å². The van der Waals surface area contributed by atoms with E-state index >= 15 is 0 Å². The van der Waals surface area contributed by atoms with Crippen LogP contribution in [0.3, 0.4) is 0 Å². The maximum absolute atomic E-state index is 12.4. The molecule has 1 saturated heterocycles. The molecular weight excluding hydrogens is 374 g/mol. The van der Waals surface area contributed by atoms with Gasteiger partial charge >= 0.3 is 0 Å². The van der Waals surface area contributed by atoms with E-state index in [1.54, 1.807) is 6.92 Å². The fourth-order valence-corrected chi connectivity index (χ4v) is 5.28. The Morgan fingerprint density at radius 3 is 2.53 bits per heavy atom. The molecule has 0 bridgehead atoms. The molecule has 0 atom stereocenters. The third-order valence-electron chi connectivity index (χ3n) is 6.91. The van der Waals surface area contributed by atoms with E-state index in [4.69, 9.17) is 4.98 Å². The summed E-state index contributed by atoms with van der Waals surface area (Å²) in [6.45, 7) is 7.96. The van der Waals surface area contributed by atoms with Crippen molar-refractivity contribution in [2.45, 2.75) is 45.4 Å². The second-order valence-corrected chi connectivity index (χ2v) is 9.03. The highest BCUT2D eigenvalue weighted by Gasteiger charge is 2.29. The maximum atomic E-state index is 12.4. The van der Waals surface area contributed by atoms with Crippen molar-refractivity contribution in [1.82, 2.24) is 19.9 Å². The van der Waals surface area contributed by atoms with Gasteiger partial charge in [-0.1, -0.05) is 12.8 Å². The van der Waals surface area contributed by atoms with Crippen LogP contribution < -0.4 is 4.90 Å². The number of nitrogens with zero attached hydrogens (tertiary/aromatic N) is 3. The summed E-state index contributed by atoms with van der Waals surface area (Å²) in [5, 5.41) is 0. The van der Waals surface area contributed by atoms with Crippen LogP contribution in [-0.2, 0) is 0 Å². The lowest BCUT2D eigenvalue weighted by molar-refractivity contribution is 0.101. The SMILES string of the molecule is CC(=O)c1c(C)[nH]c(-c2nc3ccc(N4CCN(C)CC4)cc3[nH]2)c1C1CCCC1. The van der Waals surface area contributed by atoms with E-state index in [0.717, 1.165) is 72.8 Å². The number of anilines is 1. The quantitative estimate of drug-likeness (QED) is 0.628. The molecule has 2 N–H and O–H groups in total. The molecule has 0 radical (unpaired) electrons. The minimum atomic E-state index is 0.144. The largest absolute Gasteiger partial charge is 0.369 e. The molecule has 0 spiro atoms. The molecule has 30 heavy (non-hydrogen) atoms. The first-order valence-corrected chi connectivity index (χ1v) is 11.2.